The maximum absolute atomic E-state index is 12.4. The molecule has 0 saturated carbocycles. The number of para-hydroxylation sites is 1. The first-order valence-corrected chi connectivity index (χ1v) is 10.1. The molecule has 6 nitrogen and oxygen atoms in total. The van der Waals surface area contributed by atoms with Crippen molar-refractivity contribution in [2.45, 2.75) is 57.6 Å². The predicted molar refractivity (Wildman–Crippen MR) is 103 cm³/mol. The number of carbonyl (C=O) groups is 2. The number of nitrogens with one attached hydrogen (secondary N) is 1. The van der Waals surface area contributed by atoms with Gasteiger partial charge in [-0.1, -0.05) is 25.1 Å². The normalized spacial score (nSPS) is 20.5. The number of ether oxygens (including phenoxy) is 2. The highest BCUT2D eigenvalue weighted by atomic mass is 16.5. The number of nitrogens with zero attached hydrogens (tertiary/aromatic N) is 1. The molecule has 27 heavy (non-hydrogen) atoms. The molecule has 0 aliphatic carbocycles. The minimum atomic E-state index is -0.142. The van der Waals surface area contributed by atoms with E-state index >= 15 is 0 Å². The van der Waals surface area contributed by atoms with E-state index < -0.39 is 0 Å². The zero-order valence-electron chi connectivity index (χ0n) is 16.1. The Bertz CT molecular complexity index is 637. The zero-order valence-corrected chi connectivity index (χ0v) is 16.1. The van der Waals surface area contributed by atoms with E-state index in [-0.39, 0.29) is 30.6 Å². The summed E-state index contributed by atoms with van der Waals surface area (Å²) in [6.07, 6.45) is 5.28. The van der Waals surface area contributed by atoms with Crippen LogP contribution in [0.2, 0.25) is 0 Å². The summed E-state index contributed by atoms with van der Waals surface area (Å²) in [5.41, 5.74) is 0.912. The Morgan fingerprint density at radius 3 is 2.74 bits per heavy atom. The highest BCUT2D eigenvalue weighted by Gasteiger charge is 2.23. The maximum Gasteiger partial charge on any atom is 0.260 e. The molecule has 0 unspecified atom stereocenters. The van der Waals surface area contributed by atoms with Gasteiger partial charge < -0.3 is 19.7 Å². The van der Waals surface area contributed by atoms with Gasteiger partial charge >= 0.3 is 0 Å². The van der Waals surface area contributed by atoms with Crippen LogP contribution in [0.5, 0.6) is 5.75 Å². The number of benzene rings is 1. The Hall–Kier alpha value is -2.08. The Labute approximate surface area is 161 Å². The topological polar surface area (TPSA) is 67.9 Å². The van der Waals surface area contributed by atoms with Gasteiger partial charge in [-0.3, -0.25) is 9.59 Å². The second kappa shape index (κ2) is 9.74. The van der Waals surface area contributed by atoms with Gasteiger partial charge in [0.25, 0.3) is 5.91 Å². The molecule has 1 N–H and O–H groups in total. The van der Waals surface area contributed by atoms with Gasteiger partial charge in [0.1, 0.15) is 5.75 Å². The smallest absolute Gasteiger partial charge is 0.260 e. The van der Waals surface area contributed by atoms with Gasteiger partial charge in [0, 0.05) is 25.3 Å². The van der Waals surface area contributed by atoms with E-state index in [2.05, 4.69) is 5.32 Å². The summed E-state index contributed by atoms with van der Waals surface area (Å²) in [5, 5.41) is 3.10. The standard InChI is InChI=1S/C21H30N2O4/c1-2-18(22-20(24)14-16-8-7-13-26-16)17-9-3-4-10-19(17)27-15-21(25)23-11-5-6-12-23/h3-4,9-10,16,18H,2,5-8,11-15H2,1H3,(H,22,24)/t16-,18+/m0/s1. The van der Waals surface area contributed by atoms with Crippen LogP contribution in [-0.2, 0) is 14.3 Å². The molecule has 1 aromatic carbocycles. The van der Waals surface area contributed by atoms with Gasteiger partial charge in [0.05, 0.1) is 18.6 Å². The molecule has 2 aliphatic heterocycles. The van der Waals surface area contributed by atoms with Crippen molar-refractivity contribution in [2.24, 2.45) is 0 Å². The zero-order chi connectivity index (χ0) is 19.1. The van der Waals surface area contributed by atoms with Crippen LogP contribution in [-0.4, -0.2) is 49.1 Å². The maximum atomic E-state index is 12.4. The molecule has 2 aliphatic rings. The van der Waals surface area contributed by atoms with Gasteiger partial charge in [-0.05, 0) is 38.2 Å². The second-order valence-electron chi connectivity index (χ2n) is 7.28. The lowest BCUT2D eigenvalue weighted by Crippen LogP contribution is -2.33. The van der Waals surface area contributed by atoms with Crippen LogP contribution in [0.15, 0.2) is 24.3 Å². The molecule has 0 aromatic heterocycles. The van der Waals surface area contributed by atoms with Crippen molar-refractivity contribution in [3.05, 3.63) is 29.8 Å². The summed E-state index contributed by atoms with van der Waals surface area (Å²) in [4.78, 5) is 26.5. The van der Waals surface area contributed by atoms with Crippen molar-refractivity contribution in [1.82, 2.24) is 10.2 Å². The lowest BCUT2D eigenvalue weighted by Gasteiger charge is -2.22. The van der Waals surface area contributed by atoms with Gasteiger partial charge in [-0.25, -0.2) is 0 Å². The minimum Gasteiger partial charge on any atom is -0.483 e. The van der Waals surface area contributed by atoms with E-state index in [4.69, 9.17) is 9.47 Å². The van der Waals surface area contributed by atoms with E-state index in [0.29, 0.717) is 12.2 Å². The van der Waals surface area contributed by atoms with Crippen molar-refractivity contribution in [3.8, 4) is 5.75 Å². The Morgan fingerprint density at radius 2 is 2.04 bits per heavy atom. The van der Waals surface area contributed by atoms with Crippen LogP contribution in [0.1, 0.15) is 57.1 Å². The summed E-state index contributed by atoms with van der Waals surface area (Å²) >= 11 is 0. The van der Waals surface area contributed by atoms with Gasteiger partial charge in [-0.2, -0.15) is 0 Å². The third kappa shape index (κ3) is 5.45. The van der Waals surface area contributed by atoms with Crippen molar-refractivity contribution in [2.75, 3.05) is 26.3 Å². The van der Waals surface area contributed by atoms with Gasteiger partial charge in [0.2, 0.25) is 5.91 Å². The highest BCUT2D eigenvalue weighted by Crippen LogP contribution is 2.28. The van der Waals surface area contributed by atoms with E-state index in [0.717, 1.165) is 57.4 Å². The number of carbonyl (C=O) groups excluding carboxylic acids is 2. The van der Waals surface area contributed by atoms with E-state index in [1.807, 2.05) is 36.1 Å². The van der Waals surface area contributed by atoms with Crippen LogP contribution in [0.3, 0.4) is 0 Å². The number of hydrogen-bond acceptors (Lipinski definition) is 4. The van der Waals surface area contributed by atoms with Gasteiger partial charge in [0.15, 0.2) is 6.61 Å². The Morgan fingerprint density at radius 1 is 1.26 bits per heavy atom. The van der Waals surface area contributed by atoms with Crippen molar-refractivity contribution < 1.29 is 19.1 Å². The predicted octanol–water partition coefficient (Wildman–Crippen LogP) is 2.82. The number of likely N-dealkylation sites (tertiary alicyclic amines) is 1. The quantitative estimate of drug-likeness (QED) is 0.760. The van der Waals surface area contributed by atoms with Crippen LogP contribution in [0.4, 0.5) is 0 Å². The molecule has 2 saturated heterocycles. The van der Waals surface area contributed by atoms with Crippen LogP contribution in [0, 0.1) is 0 Å². The second-order valence-corrected chi connectivity index (χ2v) is 7.28. The SMILES string of the molecule is CC[C@@H](NC(=O)C[C@@H]1CCCO1)c1ccccc1OCC(=O)N1CCCC1. The molecule has 0 bridgehead atoms. The molecular weight excluding hydrogens is 344 g/mol. The third-order valence-electron chi connectivity index (χ3n) is 5.28. The molecule has 0 radical (unpaired) electrons. The molecule has 2 amide bonds. The number of hydrogen-bond donors (Lipinski definition) is 1. The monoisotopic (exact) mass is 374 g/mol. The van der Waals surface area contributed by atoms with E-state index in [9.17, 15) is 9.59 Å². The molecular formula is C21H30N2O4. The van der Waals surface area contributed by atoms with E-state index in [1.54, 1.807) is 0 Å². The first-order valence-electron chi connectivity index (χ1n) is 10.1. The molecule has 6 heteroatoms. The first kappa shape index (κ1) is 19.7. The largest absolute Gasteiger partial charge is 0.483 e. The lowest BCUT2D eigenvalue weighted by molar-refractivity contribution is -0.132. The molecule has 0 spiro atoms. The number of amides is 2. The van der Waals surface area contributed by atoms with E-state index in [1.165, 1.54) is 0 Å². The van der Waals surface area contributed by atoms with Gasteiger partial charge in [-0.15, -0.1) is 0 Å². The molecule has 2 atom stereocenters. The Balaban J connectivity index is 1.59. The molecule has 3 rings (SSSR count). The van der Waals surface area contributed by atoms with Crippen LogP contribution < -0.4 is 10.1 Å². The average molecular weight is 374 g/mol. The van der Waals surface area contributed by atoms with Crippen molar-refractivity contribution in [1.29, 1.82) is 0 Å². The van der Waals surface area contributed by atoms with Crippen LogP contribution in [0.25, 0.3) is 0 Å². The lowest BCUT2D eigenvalue weighted by atomic mass is 10.0. The summed E-state index contributed by atoms with van der Waals surface area (Å²) < 4.78 is 11.4. The van der Waals surface area contributed by atoms with Crippen molar-refractivity contribution in [3.63, 3.8) is 0 Å². The van der Waals surface area contributed by atoms with Crippen molar-refractivity contribution >= 4 is 11.8 Å². The number of rotatable bonds is 8. The molecule has 2 fully saturated rings. The summed E-state index contributed by atoms with van der Waals surface area (Å²) in [6, 6.07) is 7.49. The molecule has 2 heterocycles. The Kier molecular flexibility index (Phi) is 7.10. The van der Waals surface area contributed by atoms with Crippen LogP contribution >= 0.6 is 0 Å². The molecule has 148 valence electrons. The third-order valence-corrected chi connectivity index (χ3v) is 5.28. The highest BCUT2D eigenvalue weighted by molar-refractivity contribution is 5.78. The molecule has 1 aromatic rings. The minimum absolute atomic E-state index is 0.00306. The fourth-order valence-electron chi connectivity index (χ4n) is 3.76. The summed E-state index contributed by atoms with van der Waals surface area (Å²) in [7, 11) is 0. The summed E-state index contributed by atoms with van der Waals surface area (Å²) in [6.45, 7) is 4.46. The summed E-state index contributed by atoms with van der Waals surface area (Å²) in [5.74, 6) is 0.684. The average Bonchev–Trinajstić information content (AvgIpc) is 3.38. The first-order chi connectivity index (χ1) is 13.2. The fraction of sp³-hybridized carbons (Fsp3) is 0.619. The fourth-order valence-corrected chi connectivity index (χ4v) is 3.76.